The number of ether oxygens (including phenoxy) is 3. The van der Waals surface area contributed by atoms with E-state index in [-0.39, 0.29) is 37.4 Å². The Kier molecular flexibility index (Phi) is 11.0. The third kappa shape index (κ3) is 6.81. The van der Waals surface area contributed by atoms with Crippen LogP contribution in [0.3, 0.4) is 0 Å². The van der Waals surface area contributed by atoms with Gasteiger partial charge in [0.1, 0.15) is 6.61 Å². The summed E-state index contributed by atoms with van der Waals surface area (Å²) in [5.74, 6) is 0.206. The van der Waals surface area contributed by atoms with Crippen molar-refractivity contribution in [2.75, 3.05) is 39.3 Å². The molecule has 0 heterocycles. The molecule has 8 heteroatoms. The van der Waals surface area contributed by atoms with E-state index in [1.54, 1.807) is 25.3 Å². The highest BCUT2D eigenvalue weighted by atomic mass is 35.5. The number of methoxy groups -OCH3 is 2. The molecular weight excluding hydrogens is 331 g/mol. The van der Waals surface area contributed by atoms with Crippen molar-refractivity contribution in [1.29, 1.82) is 0 Å². The fourth-order valence-corrected chi connectivity index (χ4v) is 1.88. The number of hydrogen-bond donors (Lipinski definition) is 2. The number of nitrogens with two attached hydrogens (primary N) is 1. The standard InChI is InChI=1S/C14H21ClN2O4.ClH/c1-19-6-7-21-14-11(15)4-3-5-12(14)17-13(18)8-10(9-16)20-2;/h3-5,10H,6-9,16H2,1-2H3,(H,17,18);1H. The summed E-state index contributed by atoms with van der Waals surface area (Å²) in [5, 5.41) is 3.17. The molecule has 0 aliphatic heterocycles. The van der Waals surface area contributed by atoms with Crippen LogP contribution in [0.25, 0.3) is 0 Å². The minimum Gasteiger partial charge on any atom is -0.487 e. The van der Waals surface area contributed by atoms with E-state index >= 15 is 0 Å². The lowest BCUT2D eigenvalue weighted by Gasteiger charge is -2.16. The summed E-state index contributed by atoms with van der Waals surface area (Å²) in [7, 11) is 3.10. The monoisotopic (exact) mass is 352 g/mol. The van der Waals surface area contributed by atoms with Gasteiger partial charge in [-0.05, 0) is 12.1 Å². The van der Waals surface area contributed by atoms with Crippen molar-refractivity contribution < 1.29 is 19.0 Å². The lowest BCUT2D eigenvalue weighted by atomic mass is 10.2. The molecule has 0 aliphatic carbocycles. The minimum absolute atomic E-state index is 0. The second-order valence-corrected chi connectivity index (χ2v) is 4.71. The SMILES string of the molecule is COCCOc1c(Cl)cccc1NC(=O)CC(CN)OC.Cl. The summed E-state index contributed by atoms with van der Waals surface area (Å²) in [6, 6.07) is 5.14. The van der Waals surface area contributed by atoms with Crippen LogP contribution in [-0.4, -0.2) is 46.0 Å². The molecule has 3 N–H and O–H groups in total. The second-order valence-electron chi connectivity index (χ2n) is 4.30. The second kappa shape index (κ2) is 11.5. The Bertz CT molecular complexity index is 456. The molecule has 1 aromatic carbocycles. The Morgan fingerprint density at radius 1 is 1.36 bits per heavy atom. The van der Waals surface area contributed by atoms with Gasteiger partial charge < -0.3 is 25.3 Å². The summed E-state index contributed by atoms with van der Waals surface area (Å²) in [6.45, 7) is 1.04. The molecule has 0 aliphatic rings. The molecule has 0 radical (unpaired) electrons. The molecule has 0 saturated heterocycles. The van der Waals surface area contributed by atoms with E-state index in [9.17, 15) is 4.79 Å². The predicted molar refractivity (Wildman–Crippen MR) is 89.2 cm³/mol. The van der Waals surface area contributed by atoms with E-state index in [1.807, 2.05) is 0 Å². The lowest BCUT2D eigenvalue weighted by molar-refractivity contribution is -0.118. The van der Waals surface area contributed by atoms with E-state index in [0.717, 1.165) is 0 Å². The third-order valence-electron chi connectivity index (χ3n) is 2.78. The molecule has 0 saturated carbocycles. The van der Waals surface area contributed by atoms with Crippen molar-refractivity contribution in [3.63, 3.8) is 0 Å². The van der Waals surface area contributed by atoms with Gasteiger partial charge in [0.15, 0.2) is 5.75 Å². The van der Waals surface area contributed by atoms with Gasteiger partial charge in [0.25, 0.3) is 0 Å². The first-order chi connectivity index (χ1) is 10.1. The summed E-state index contributed by atoms with van der Waals surface area (Å²) >= 11 is 6.09. The highest BCUT2D eigenvalue weighted by Crippen LogP contribution is 2.33. The van der Waals surface area contributed by atoms with E-state index < -0.39 is 0 Å². The fourth-order valence-electron chi connectivity index (χ4n) is 1.65. The molecule has 6 nitrogen and oxygen atoms in total. The van der Waals surface area contributed by atoms with Gasteiger partial charge in [-0.1, -0.05) is 17.7 Å². The molecular formula is C14H22Cl2N2O4. The third-order valence-corrected chi connectivity index (χ3v) is 3.08. The predicted octanol–water partition coefficient (Wildman–Crippen LogP) is 2.09. The van der Waals surface area contributed by atoms with Gasteiger partial charge in [-0.25, -0.2) is 0 Å². The summed E-state index contributed by atoms with van der Waals surface area (Å²) in [6.07, 6.45) is -0.154. The molecule has 126 valence electrons. The Balaban J connectivity index is 0.00000441. The number of hydrogen-bond acceptors (Lipinski definition) is 5. The first-order valence-corrected chi connectivity index (χ1v) is 6.93. The fraction of sp³-hybridized carbons (Fsp3) is 0.500. The number of anilines is 1. The van der Waals surface area contributed by atoms with Crippen molar-refractivity contribution in [2.24, 2.45) is 5.73 Å². The van der Waals surface area contributed by atoms with Crippen molar-refractivity contribution in [3.8, 4) is 5.75 Å². The first kappa shape index (κ1) is 20.9. The van der Waals surface area contributed by atoms with Crippen LogP contribution in [0.5, 0.6) is 5.75 Å². The number of amides is 1. The van der Waals surface area contributed by atoms with Crippen LogP contribution in [0, 0.1) is 0 Å². The Morgan fingerprint density at radius 2 is 2.09 bits per heavy atom. The van der Waals surface area contributed by atoms with Gasteiger partial charge in [-0.2, -0.15) is 0 Å². The largest absolute Gasteiger partial charge is 0.487 e. The maximum absolute atomic E-state index is 12.0. The van der Waals surface area contributed by atoms with E-state index in [4.69, 9.17) is 31.5 Å². The number of halogens is 2. The zero-order valence-corrected chi connectivity index (χ0v) is 14.2. The molecule has 0 aromatic heterocycles. The molecule has 1 amide bonds. The molecule has 0 bridgehead atoms. The summed E-state index contributed by atoms with van der Waals surface area (Å²) in [4.78, 5) is 12.0. The average molecular weight is 353 g/mol. The van der Waals surface area contributed by atoms with Gasteiger partial charge in [0.05, 0.1) is 29.8 Å². The number of benzene rings is 1. The Morgan fingerprint density at radius 3 is 2.68 bits per heavy atom. The molecule has 1 aromatic rings. The topological polar surface area (TPSA) is 82.8 Å². The highest BCUT2D eigenvalue weighted by Gasteiger charge is 2.15. The van der Waals surface area contributed by atoms with E-state index in [0.29, 0.717) is 29.7 Å². The zero-order valence-electron chi connectivity index (χ0n) is 12.6. The number of para-hydroxylation sites is 1. The highest BCUT2D eigenvalue weighted by molar-refractivity contribution is 6.32. The average Bonchev–Trinajstić information content (AvgIpc) is 2.47. The summed E-state index contributed by atoms with van der Waals surface area (Å²) < 4.78 is 15.5. The number of nitrogens with one attached hydrogen (secondary N) is 1. The number of carbonyl (C=O) groups is 1. The summed E-state index contributed by atoms with van der Waals surface area (Å²) in [5.41, 5.74) is 6.01. The smallest absolute Gasteiger partial charge is 0.227 e. The van der Waals surface area contributed by atoms with Gasteiger partial charge in [0, 0.05) is 20.8 Å². The minimum atomic E-state index is -0.318. The molecule has 1 rings (SSSR count). The maximum atomic E-state index is 12.0. The number of rotatable bonds is 9. The van der Waals surface area contributed by atoms with Crippen LogP contribution >= 0.6 is 24.0 Å². The van der Waals surface area contributed by atoms with Crippen molar-refractivity contribution in [2.45, 2.75) is 12.5 Å². The first-order valence-electron chi connectivity index (χ1n) is 6.55. The lowest BCUT2D eigenvalue weighted by Crippen LogP contribution is -2.28. The van der Waals surface area contributed by atoms with E-state index in [1.165, 1.54) is 7.11 Å². The van der Waals surface area contributed by atoms with Crippen LogP contribution in [-0.2, 0) is 14.3 Å². The molecule has 0 spiro atoms. The van der Waals surface area contributed by atoms with E-state index in [2.05, 4.69) is 5.32 Å². The molecule has 0 fully saturated rings. The molecule has 1 unspecified atom stereocenters. The number of carbonyl (C=O) groups excluding carboxylic acids is 1. The van der Waals surface area contributed by atoms with Crippen LogP contribution in [0.4, 0.5) is 5.69 Å². The zero-order chi connectivity index (χ0) is 15.7. The molecule has 1 atom stereocenters. The maximum Gasteiger partial charge on any atom is 0.227 e. The quantitative estimate of drug-likeness (QED) is 0.665. The van der Waals surface area contributed by atoms with Gasteiger partial charge in [-0.15, -0.1) is 12.4 Å². The van der Waals surface area contributed by atoms with Crippen molar-refractivity contribution in [1.82, 2.24) is 0 Å². The Hall–Kier alpha value is -1.05. The van der Waals surface area contributed by atoms with Gasteiger partial charge in [0.2, 0.25) is 5.91 Å². The molecule has 22 heavy (non-hydrogen) atoms. The van der Waals surface area contributed by atoms with Gasteiger partial charge >= 0.3 is 0 Å². The van der Waals surface area contributed by atoms with Crippen LogP contribution < -0.4 is 15.8 Å². The van der Waals surface area contributed by atoms with Crippen molar-refractivity contribution >= 4 is 35.6 Å². The van der Waals surface area contributed by atoms with Crippen LogP contribution in [0.15, 0.2) is 18.2 Å². The Labute approximate surface area is 141 Å². The van der Waals surface area contributed by atoms with Gasteiger partial charge in [-0.3, -0.25) is 4.79 Å². The van der Waals surface area contributed by atoms with Crippen LogP contribution in [0.2, 0.25) is 5.02 Å². The van der Waals surface area contributed by atoms with Crippen LogP contribution in [0.1, 0.15) is 6.42 Å². The van der Waals surface area contributed by atoms with Crippen molar-refractivity contribution in [3.05, 3.63) is 23.2 Å². The normalized spacial score (nSPS) is 11.5.